The zero-order valence-electron chi connectivity index (χ0n) is 12.9. The first kappa shape index (κ1) is 14.6. The molecule has 2 aliphatic rings. The van der Waals surface area contributed by atoms with Gasteiger partial charge in [0, 0.05) is 43.0 Å². The second-order valence-electron chi connectivity index (χ2n) is 6.62. The molecule has 1 aliphatic carbocycles. The van der Waals surface area contributed by atoms with Crippen LogP contribution in [0.5, 0.6) is 0 Å². The first-order chi connectivity index (χ1) is 10.1. The van der Waals surface area contributed by atoms with Crippen LogP contribution in [0.3, 0.4) is 0 Å². The van der Waals surface area contributed by atoms with Crippen molar-refractivity contribution in [3.8, 4) is 0 Å². The highest BCUT2D eigenvalue weighted by molar-refractivity contribution is 5.79. The summed E-state index contributed by atoms with van der Waals surface area (Å²) in [6, 6.07) is 0. The van der Waals surface area contributed by atoms with Crippen LogP contribution in [0.15, 0.2) is 0 Å². The number of hydrogen-bond acceptors (Lipinski definition) is 3. The molecule has 1 amide bonds. The highest BCUT2D eigenvalue weighted by Gasteiger charge is 2.28. The van der Waals surface area contributed by atoms with Gasteiger partial charge in [0.15, 0.2) is 0 Å². The average Bonchev–Trinajstić information content (AvgIpc) is 3.12. The molecular formula is C16H25N3O2. The van der Waals surface area contributed by atoms with Crippen LogP contribution in [-0.2, 0) is 22.4 Å². The number of imidazole rings is 1. The van der Waals surface area contributed by atoms with E-state index in [0.717, 1.165) is 62.7 Å². The summed E-state index contributed by atoms with van der Waals surface area (Å²) >= 11 is 0. The Morgan fingerprint density at radius 2 is 2.33 bits per heavy atom. The standard InChI is InChI=1S/C16H25N3O2/c1-10(2)15-18-13-4-3-12(7-14(13)19-15)16(20)17-8-11-5-6-21-9-11/h10-12H,3-9H2,1-2H3,(H,17,20)(H,18,19)/t11-,12+/m1/s1. The maximum atomic E-state index is 12.3. The van der Waals surface area contributed by atoms with Gasteiger partial charge in [-0.3, -0.25) is 4.79 Å². The number of fused-ring (bicyclic) bond motifs is 1. The van der Waals surface area contributed by atoms with Crippen molar-refractivity contribution >= 4 is 5.91 Å². The predicted octanol–water partition coefficient (Wildman–Crippen LogP) is 1.79. The van der Waals surface area contributed by atoms with E-state index in [1.165, 1.54) is 0 Å². The van der Waals surface area contributed by atoms with Crippen molar-refractivity contribution in [2.75, 3.05) is 19.8 Å². The highest BCUT2D eigenvalue weighted by atomic mass is 16.5. The van der Waals surface area contributed by atoms with Crippen LogP contribution in [0.2, 0.25) is 0 Å². The molecule has 2 N–H and O–H groups in total. The molecule has 0 saturated carbocycles. The van der Waals surface area contributed by atoms with Gasteiger partial charge in [-0.05, 0) is 19.3 Å². The minimum absolute atomic E-state index is 0.0836. The number of ether oxygens (including phenoxy) is 1. The number of nitrogens with one attached hydrogen (secondary N) is 2. The number of amides is 1. The lowest BCUT2D eigenvalue weighted by Crippen LogP contribution is -2.37. The Bertz CT molecular complexity index is 504. The van der Waals surface area contributed by atoms with Gasteiger partial charge in [0.1, 0.15) is 5.82 Å². The van der Waals surface area contributed by atoms with Crippen molar-refractivity contribution in [3.63, 3.8) is 0 Å². The van der Waals surface area contributed by atoms with E-state index in [-0.39, 0.29) is 11.8 Å². The van der Waals surface area contributed by atoms with Gasteiger partial charge in [-0.2, -0.15) is 0 Å². The van der Waals surface area contributed by atoms with E-state index in [0.29, 0.717) is 11.8 Å². The molecule has 1 aliphatic heterocycles. The van der Waals surface area contributed by atoms with Crippen LogP contribution >= 0.6 is 0 Å². The van der Waals surface area contributed by atoms with Gasteiger partial charge >= 0.3 is 0 Å². The van der Waals surface area contributed by atoms with Gasteiger partial charge in [-0.15, -0.1) is 0 Å². The van der Waals surface area contributed by atoms with Crippen LogP contribution in [0, 0.1) is 11.8 Å². The highest BCUT2D eigenvalue weighted by Crippen LogP contribution is 2.26. The predicted molar refractivity (Wildman–Crippen MR) is 80.1 cm³/mol. The first-order valence-corrected chi connectivity index (χ1v) is 8.06. The fraction of sp³-hybridized carbons (Fsp3) is 0.750. The monoisotopic (exact) mass is 291 g/mol. The lowest BCUT2D eigenvalue weighted by Gasteiger charge is -2.21. The Balaban J connectivity index is 1.56. The van der Waals surface area contributed by atoms with E-state index < -0.39 is 0 Å². The third-order valence-corrected chi connectivity index (χ3v) is 4.57. The maximum Gasteiger partial charge on any atom is 0.223 e. The Kier molecular flexibility index (Phi) is 4.29. The number of carbonyl (C=O) groups is 1. The smallest absolute Gasteiger partial charge is 0.223 e. The molecule has 1 aromatic rings. The number of nitrogens with zero attached hydrogens (tertiary/aromatic N) is 1. The van der Waals surface area contributed by atoms with Gasteiger partial charge in [0.05, 0.1) is 12.3 Å². The SMILES string of the molecule is CC(C)c1nc2c([nH]1)C[C@@H](C(=O)NC[C@H]1CCOC1)CC2. The quantitative estimate of drug-likeness (QED) is 0.889. The van der Waals surface area contributed by atoms with E-state index in [1.54, 1.807) is 0 Å². The molecule has 0 unspecified atom stereocenters. The zero-order chi connectivity index (χ0) is 14.8. The molecule has 2 atom stereocenters. The fourth-order valence-corrected chi connectivity index (χ4v) is 3.13. The molecule has 0 spiro atoms. The van der Waals surface area contributed by atoms with Crippen LogP contribution in [0.1, 0.15) is 49.8 Å². The maximum absolute atomic E-state index is 12.3. The van der Waals surface area contributed by atoms with E-state index >= 15 is 0 Å². The largest absolute Gasteiger partial charge is 0.381 e. The molecule has 21 heavy (non-hydrogen) atoms. The van der Waals surface area contributed by atoms with Gasteiger partial charge in [0.2, 0.25) is 5.91 Å². The minimum Gasteiger partial charge on any atom is -0.381 e. The van der Waals surface area contributed by atoms with Gasteiger partial charge < -0.3 is 15.0 Å². The third kappa shape index (κ3) is 3.28. The normalized spacial score (nSPS) is 25.1. The lowest BCUT2D eigenvalue weighted by molar-refractivity contribution is -0.125. The van der Waals surface area contributed by atoms with Crippen molar-refractivity contribution in [2.45, 2.75) is 45.4 Å². The van der Waals surface area contributed by atoms with Crippen molar-refractivity contribution in [3.05, 3.63) is 17.2 Å². The number of rotatable bonds is 4. The molecule has 0 aromatic carbocycles. The van der Waals surface area contributed by atoms with Crippen molar-refractivity contribution in [2.24, 2.45) is 11.8 Å². The second-order valence-corrected chi connectivity index (χ2v) is 6.62. The summed E-state index contributed by atoms with van der Waals surface area (Å²) < 4.78 is 5.34. The molecule has 0 bridgehead atoms. The lowest BCUT2D eigenvalue weighted by atomic mass is 9.89. The summed E-state index contributed by atoms with van der Waals surface area (Å²) in [4.78, 5) is 20.4. The van der Waals surface area contributed by atoms with E-state index in [1.807, 2.05) is 0 Å². The fourth-order valence-electron chi connectivity index (χ4n) is 3.13. The molecule has 5 nitrogen and oxygen atoms in total. The van der Waals surface area contributed by atoms with Crippen LogP contribution < -0.4 is 5.32 Å². The van der Waals surface area contributed by atoms with Crippen LogP contribution in [0.4, 0.5) is 0 Å². The van der Waals surface area contributed by atoms with Gasteiger partial charge in [0.25, 0.3) is 0 Å². The Morgan fingerprint density at radius 3 is 3.05 bits per heavy atom. The molecule has 0 radical (unpaired) electrons. The second kappa shape index (κ2) is 6.18. The molecule has 116 valence electrons. The number of aromatic amines is 1. The molecule has 1 aromatic heterocycles. The van der Waals surface area contributed by atoms with Crippen molar-refractivity contribution < 1.29 is 9.53 Å². The molecule has 2 heterocycles. The summed E-state index contributed by atoms with van der Waals surface area (Å²) in [6.45, 7) is 6.64. The topological polar surface area (TPSA) is 67.0 Å². The molecular weight excluding hydrogens is 266 g/mol. The first-order valence-electron chi connectivity index (χ1n) is 8.06. The van der Waals surface area contributed by atoms with Crippen LogP contribution in [-0.4, -0.2) is 35.6 Å². The Morgan fingerprint density at radius 1 is 1.48 bits per heavy atom. The number of H-pyrrole nitrogens is 1. The molecule has 1 fully saturated rings. The number of aromatic nitrogens is 2. The van der Waals surface area contributed by atoms with Crippen molar-refractivity contribution in [1.29, 1.82) is 0 Å². The summed E-state index contributed by atoms with van der Waals surface area (Å²) in [6.07, 6.45) is 3.67. The van der Waals surface area contributed by atoms with Crippen LogP contribution in [0.25, 0.3) is 0 Å². The Hall–Kier alpha value is -1.36. The Labute approximate surface area is 125 Å². The number of hydrogen-bond donors (Lipinski definition) is 2. The van der Waals surface area contributed by atoms with Gasteiger partial charge in [-0.25, -0.2) is 4.98 Å². The summed E-state index contributed by atoms with van der Waals surface area (Å²) in [5.41, 5.74) is 2.32. The summed E-state index contributed by atoms with van der Waals surface area (Å²) in [5, 5.41) is 3.10. The van der Waals surface area contributed by atoms with E-state index in [9.17, 15) is 4.79 Å². The van der Waals surface area contributed by atoms with Crippen molar-refractivity contribution in [1.82, 2.24) is 15.3 Å². The number of carbonyl (C=O) groups excluding carboxylic acids is 1. The summed E-state index contributed by atoms with van der Waals surface area (Å²) in [5.74, 6) is 2.22. The van der Waals surface area contributed by atoms with E-state index in [4.69, 9.17) is 4.74 Å². The molecule has 1 saturated heterocycles. The minimum atomic E-state index is 0.0836. The zero-order valence-corrected chi connectivity index (χ0v) is 12.9. The van der Waals surface area contributed by atoms with Gasteiger partial charge in [-0.1, -0.05) is 13.8 Å². The molecule has 5 heteroatoms. The number of aryl methyl sites for hydroxylation is 1. The molecule has 3 rings (SSSR count). The third-order valence-electron chi connectivity index (χ3n) is 4.57. The average molecular weight is 291 g/mol. The van der Waals surface area contributed by atoms with E-state index in [2.05, 4.69) is 29.1 Å². The summed E-state index contributed by atoms with van der Waals surface area (Å²) in [7, 11) is 0.